The monoisotopic (exact) mass is 243 g/mol. The van der Waals surface area contributed by atoms with Crippen LogP contribution in [0.3, 0.4) is 0 Å². The predicted octanol–water partition coefficient (Wildman–Crippen LogP) is 1.80. The molecule has 0 aliphatic heterocycles. The second kappa shape index (κ2) is 7.35. The molecule has 0 saturated carbocycles. The molecule has 16 heavy (non-hydrogen) atoms. The summed E-state index contributed by atoms with van der Waals surface area (Å²) in [4.78, 5) is 10.9. The third kappa shape index (κ3) is 4.72. The minimum absolute atomic E-state index is 0.204. The maximum Gasteiger partial charge on any atom is 0.315 e. The molecule has 1 N–H and O–H groups in total. The summed E-state index contributed by atoms with van der Waals surface area (Å²) < 4.78 is 10.1. The average molecular weight is 243 g/mol. The highest BCUT2D eigenvalue weighted by molar-refractivity contribution is 7.99. The molecule has 5 heteroatoms. The molecule has 0 fully saturated rings. The molecule has 0 saturated heterocycles. The summed E-state index contributed by atoms with van der Waals surface area (Å²) in [5, 5.41) is 3.19. The van der Waals surface area contributed by atoms with Crippen LogP contribution < -0.4 is 5.32 Å². The van der Waals surface area contributed by atoms with E-state index in [0.29, 0.717) is 11.5 Å². The quantitative estimate of drug-likeness (QED) is 0.740. The van der Waals surface area contributed by atoms with Gasteiger partial charge in [0.15, 0.2) is 0 Å². The number of methoxy groups -OCH3 is 1. The van der Waals surface area contributed by atoms with Crippen molar-refractivity contribution < 1.29 is 13.9 Å². The molecule has 0 unspecified atom stereocenters. The van der Waals surface area contributed by atoms with E-state index in [1.807, 2.05) is 12.1 Å². The largest absolute Gasteiger partial charge is 0.468 e. The fourth-order valence-electron chi connectivity index (χ4n) is 1.14. The lowest BCUT2D eigenvalue weighted by Crippen LogP contribution is -2.10. The van der Waals surface area contributed by atoms with Gasteiger partial charge in [0.05, 0.1) is 25.2 Å². The normalized spacial score (nSPS) is 10.4. The Balaban J connectivity index is 2.26. The maximum atomic E-state index is 10.9. The van der Waals surface area contributed by atoms with Gasteiger partial charge in [-0.15, -0.1) is 11.8 Å². The third-order valence-corrected chi connectivity index (χ3v) is 2.89. The number of carbonyl (C=O) groups is 1. The van der Waals surface area contributed by atoms with Gasteiger partial charge in [-0.1, -0.05) is 6.92 Å². The molecule has 0 atom stereocenters. The van der Waals surface area contributed by atoms with E-state index in [4.69, 9.17) is 4.42 Å². The van der Waals surface area contributed by atoms with Crippen LogP contribution in [0.2, 0.25) is 0 Å². The number of hydrogen-bond acceptors (Lipinski definition) is 5. The van der Waals surface area contributed by atoms with E-state index in [1.165, 1.54) is 18.9 Å². The van der Waals surface area contributed by atoms with Gasteiger partial charge >= 0.3 is 5.97 Å². The van der Waals surface area contributed by atoms with Crippen LogP contribution >= 0.6 is 11.8 Å². The molecule has 4 nitrogen and oxygen atoms in total. The van der Waals surface area contributed by atoms with E-state index >= 15 is 0 Å². The Kier molecular flexibility index (Phi) is 6.03. The van der Waals surface area contributed by atoms with Crippen molar-refractivity contribution in [1.82, 2.24) is 5.32 Å². The average Bonchev–Trinajstić information content (AvgIpc) is 2.74. The molecule has 1 heterocycles. The number of furan rings is 1. The predicted molar refractivity (Wildman–Crippen MR) is 64.3 cm³/mol. The number of esters is 1. The highest BCUT2D eigenvalue weighted by Crippen LogP contribution is 2.15. The standard InChI is InChI=1S/C11H17NO3S/c1-3-12-6-9-4-5-10(15-9)7-16-8-11(13)14-2/h4-5,12H,3,6-8H2,1-2H3. The first-order valence-corrected chi connectivity index (χ1v) is 6.34. The number of rotatable bonds is 7. The number of ether oxygens (including phenoxy) is 1. The van der Waals surface area contributed by atoms with Crippen molar-refractivity contribution >= 4 is 17.7 Å². The minimum Gasteiger partial charge on any atom is -0.468 e. The number of thioether (sulfide) groups is 1. The second-order valence-electron chi connectivity index (χ2n) is 3.22. The van der Waals surface area contributed by atoms with Crippen molar-refractivity contribution in [2.45, 2.75) is 19.2 Å². The van der Waals surface area contributed by atoms with Crippen LogP contribution in [0.4, 0.5) is 0 Å². The molecule has 1 aromatic rings. The molecule has 0 aromatic carbocycles. The lowest BCUT2D eigenvalue weighted by Gasteiger charge is -1.99. The fraction of sp³-hybridized carbons (Fsp3) is 0.545. The summed E-state index contributed by atoms with van der Waals surface area (Å²) in [6.45, 7) is 3.72. The van der Waals surface area contributed by atoms with E-state index in [1.54, 1.807) is 0 Å². The highest BCUT2D eigenvalue weighted by atomic mass is 32.2. The third-order valence-electron chi connectivity index (χ3n) is 1.96. The summed E-state index contributed by atoms with van der Waals surface area (Å²) in [6.07, 6.45) is 0. The van der Waals surface area contributed by atoms with Gasteiger partial charge in [-0.25, -0.2) is 0 Å². The van der Waals surface area contributed by atoms with E-state index in [9.17, 15) is 4.79 Å². The molecule has 0 spiro atoms. The van der Waals surface area contributed by atoms with Gasteiger partial charge in [0.25, 0.3) is 0 Å². The number of nitrogens with one attached hydrogen (secondary N) is 1. The molecule has 0 radical (unpaired) electrons. The number of carbonyl (C=O) groups excluding carboxylic acids is 1. The minimum atomic E-state index is -0.204. The van der Waals surface area contributed by atoms with Crippen molar-refractivity contribution in [3.63, 3.8) is 0 Å². The summed E-state index contributed by atoms with van der Waals surface area (Å²) in [5.41, 5.74) is 0. The van der Waals surface area contributed by atoms with Crippen LogP contribution in [-0.2, 0) is 21.8 Å². The molecule has 1 rings (SSSR count). The maximum absolute atomic E-state index is 10.9. The van der Waals surface area contributed by atoms with E-state index in [2.05, 4.69) is 17.0 Å². The van der Waals surface area contributed by atoms with Gasteiger partial charge in [0.1, 0.15) is 11.5 Å². The van der Waals surface area contributed by atoms with Crippen LogP contribution in [0, 0.1) is 0 Å². The first kappa shape index (κ1) is 13.1. The van der Waals surface area contributed by atoms with Crippen LogP contribution in [-0.4, -0.2) is 25.4 Å². The number of hydrogen-bond donors (Lipinski definition) is 1. The smallest absolute Gasteiger partial charge is 0.315 e. The Morgan fingerprint density at radius 3 is 2.94 bits per heavy atom. The Labute approximate surface area is 99.7 Å². The van der Waals surface area contributed by atoms with Gasteiger partial charge in [-0.2, -0.15) is 0 Å². The Morgan fingerprint density at radius 2 is 2.25 bits per heavy atom. The highest BCUT2D eigenvalue weighted by Gasteiger charge is 2.04. The SMILES string of the molecule is CCNCc1ccc(CSCC(=O)OC)o1. The summed E-state index contributed by atoms with van der Waals surface area (Å²) >= 11 is 1.49. The van der Waals surface area contributed by atoms with Crippen molar-refractivity contribution in [2.24, 2.45) is 0 Å². The van der Waals surface area contributed by atoms with Gasteiger partial charge in [-0.3, -0.25) is 4.79 Å². The van der Waals surface area contributed by atoms with E-state index in [0.717, 1.165) is 24.6 Å². The Bertz CT molecular complexity index is 325. The van der Waals surface area contributed by atoms with Crippen molar-refractivity contribution in [1.29, 1.82) is 0 Å². The topological polar surface area (TPSA) is 51.5 Å². The molecule has 1 aromatic heterocycles. The van der Waals surface area contributed by atoms with Crippen LogP contribution in [0.25, 0.3) is 0 Å². The molecule has 0 bridgehead atoms. The molecular weight excluding hydrogens is 226 g/mol. The van der Waals surface area contributed by atoms with Crippen LogP contribution in [0.5, 0.6) is 0 Å². The van der Waals surface area contributed by atoms with Gasteiger partial charge < -0.3 is 14.5 Å². The molecule has 90 valence electrons. The molecule has 0 aliphatic rings. The zero-order valence-corrected chi connectivity index (χ0v) is 10.4. The van der Waals surface area contributed by atoms with Crippen molar-refractivity contribution in [3.05, 3.63) is 23.7 Å². The Hall–Kier alpha value is -0.940. The first-order valence-electron chi connectivity index (χ1n) is 5.19. The van der Waals surface area contributed by atoms with Crippen molar-refractivity contribution in [3.8, 4) is 0 Å². The Morgan fingerprint density at radius 1 is 1.50 bits per heavy atom. The molecular formula is C11H17NO3S. The van der Waals surface area contributed by atoms with Gasteiger partial charge in [0, 0.05) is 0 Å². The molecule has 0 aliphatic carbocycles. The second-order valence-corrected chi connectivity index (χ2v) is 4.20. The lowest BCUT2D eigenvalue weighted by atomic mass is 10.4. The van der Waals surface area contributed by atoms with Crippen molar-refractivity contribution in [2.75, 3.05) is 19.4 Å². The zero-order chi connectivity index (χ0) is 11.8. The van der Waals surface area contributed by atoms with Crippen LogP contribution in [0.15, 0.2) is 16.5 Å². The van der Waals surface area contributed by atoms with Gasteiger partial charge in [-0.05, 0) is 18.7 Å². The zero-order valence-electron chi connectivity index (χ0n) is 9.62. The summed E-state index contributed by atoms with van der Waals surface area (Å²) in [6, 6.07) is 3.90. The summed E-state index contributed by atoms with van der Waals surface area (Å²) in [7, 11) is 1.39. The lowest BCUT2D eigenvalue weighted by molar-refractivity contribution is -0.137. The van der Waals surface area contributed by atoms with Gasteiger partial charge in [0.2, 0.25) is 0 Å². The molecule has 0 amide bonds. The first-order chi connectivity index (χ1) is 7.76. The van der Waals surface area contributed by atoms with E-state index in [-0.39, 0.29) is 5.97 Å². The van der Waals surface area contributed by atoms with E-state index < -0.39 is 0 Å². The summed E-state index contributed by atoms with van der Waals surface area (Å²) in [5.74, 6) is 2.67. The van der Waals surface area contributed by atoms with Crippen LogP contribution in [0.1, 0.15) is 18.4 Å². The fourth-order valence-corrected chi connectivity index (χ4v) is 1.88.